The lowest BCUT2D eigenvalue weighted by Crippen LogP contribution is -2.36. The van der Waals surface area contributed by atoms with E-state index in [1.165, 1.54) is 83.6 Å². The van der Waals surface area contributed by atoms with Gasteiger partial charge in [-0.1, -0.05) is 78.6 Å². The number of unbranched alkanes of at least 4 members (excludes halogenated alkanes) is 4. The fraction of sp³-hybridized carbons (Fsp3) is 1.00. The molecule has 0 saturated carbocycles. The van der Waals surface area contributed by atoms with Crippen molar-refractivity contribution in [1.29, 1.82) is 0 Å². The normalized spacial score (nSPS) is 22.6. The van der Waals surface area contributed by atoms with Gasteiger partial charge in [0.25, 0.3) is 0 Å². The molecule has 0 amide bonds. The lowest BCUT2D eigenvalue weighted by Gasteiger charge is -2.31. The Morgan fingerprint density at radius 2 is 1.75 bits per heavy atom. The van der Waals surface area contributed by atoms with Crippen LogP contribution in [-0.4, -0.2) is 12.6 Å². The third kappa shape index (κ3) is 7.67. The van der Waals surface area contributed by atoms with E-state index in [-0.39, 0.29) is 0 Å². The van der Waals surface area contributed by atoms with Crippen molar-refractivity contribution in [1.82, 2.24) is 5.32 Å². The Bertz CT molecular complexity index is 208. The standard InChI is InChI=1S/C19H39N/c1-4-6-8-9-13-18(17(3)12-7-5-2)16-19-14-10-11-15-20-19/h17-20H,4-16H2,1-3H3. The monoisotopic (exact) mass is 281 g/mol. The zero-order chi connectivity index (χ0) is 14.6. The number of hydrogen-bond acceptors (Lipinski definition) is 1. The molecule has 1 saturated heterocycles. The number of rotatable bonds is 11. The molecule has 3 atom stereocenters. The van der Waals surface area contributed by atoms with Gasteiger partial charge >= 0.3 is 0 Å². The van der Waals surface area contributed by atoms with E-state index in [1.54, 1.807) is 0 Å². The number of piperidine rings is 1. The highest BCUT2D eigenvalue weighted by atomic mass is 14.9. The van der Waals surface area contributed by atoms with E-state index >= 15 is 0 Å². The second-order valence-corrected chi connectivity index (χ2v) is 7.11. The van der Waals surface area contributed by atoms with Gasteiger partial charge in [0.15, 0.2) is 0 Å². The summed E-state index contributed by atoms with van der Waals surface area (Å²) in [6.07, 6.45) is 17.1. The molecule has 1 aliphatic heterocycles. The van der Waals surface area contributed by atoms with Gasteiger partial charge in [0, 0.05) is 6.04 Å². The Morgan fingerprint density at radius 3 is 2.40 bits per heavy atom. The summed E-state index contributed by atoms with van der Waals surface area (Å²) in [6, 6.07) is 0.823. The molecule has 1 aliphatic rings. The molecule has 120 valence electrons. The molecule has 0 spiro atoms. The van der Waals surface area contributed by atoms with E-state index in [4.69, 9.17) is 0 Å². The quantitative estimate of drug-likeness (QED) is 0.463. The molecule has 0 aliphatic carbocycles. The Hall–Kier alpha value is -0.0400. The van der Waals surface area contributed by atoms with Crippen LogP contribution in [0.3, 0.4) is 0 Å². The van der Waals surface area contributed by atoms with Crippen LogP contribution >= 0.6 is 0 Å². The maximum absolute atomic E-state index is 3.76. The molecule has 1 N–H and O–H groups in total. The SMILES string of the molecule is CCCCCCC(CC1CCCCN1)C(C)CCCC. The van der Waals surface area contributed by atoms with Crippen molar-refractivity contribution in [2.45, 2.75) is 104 Å². The molecule has 1 heterocycles. The molecule has 1 heteroatoms. The topological polar surface area (TPSA) is 12.0 Å². The van der Waals surface area contributed by atoms with Gasteiger partial charge in [-0.3, -0.25) is 0 Å². The summed E-state index contributed by atoms with van der Waals surface area (Å²) in [4.78, 5) is 0. The van der Waals surface area contributed by atoms with Crippen molar-refractivity contribution in [3.05, 3.63) is 0 Å². The van der Waals surface area contributed by atoms with Gasteiger partial charge in [0.05, 0.1) is 0 Å². The minimum absolute atomic E-state index is 0.823. The molecular weight excluding hydrogens is 242 g/mol. The summed E-state index contributed by atoms with van der Waals surface area (Å²) < 4.78 is 0. The predicted molar refractivity (Wildman–Crippen MR) is 91.2 cm³/mol. The van der Waals surface area contributed by atoms with Crippen molar-refractivity contribution in [2.24, 2.45) is 11.8 Å². The van der Waals surface area contributed by atoms with Crippen LogP contribution in [0, 0.1) is 11.8 Å². The molecule has 0 aromatic carbocycles. The molecule has 0 aromatic rings. The van der Waals surface area contributed by atoms with E-state index in [1.807, 2.05) is 0 Å². The summed E-state index contributed by atoms with van der Waals surface area (Å²) in [5.41, 5.74) is 0. The van der Waals surface area contributed by atoms with Crippen LogP contribution in [0.5, 0.6) is 0 Å². The molecule has 20 heavy (non-hydrogen) atoms. The number of nitrogens with one attached hydrogen (secondary N) is 1. The first kappa shape index (κ1) is 18.0. The largest absolute Gasteiger partial charge is 0.314 e. The average molecular weight is 282 g/mol. The highest BCUT2D eigenvalue weighted by Crippen LogP contribution is 2.29. The van der Waals surface area contributed by atoms with Crippen LogP contribution in [0.15, 0.2) is 0 Å². The third-order valence-corrected chi connectivity index (χ3v) is 5.25. The minimum atomic E-state index is 0.823. The van der Waals surface area contributed by atoms with Gasteiger partial charge < -0.3 is 5.32 Å². The Labute approximate surface area is 128 Å². The van der Waals surface area contributed by atoms with Gasteiger partial charge in [0.1, 0.15) is 0 Å². The van der Waals surface area contributed by atoms with Crippen molar-refractivity contribution in [3.63, 3.8) is 0 Å². The Kier molecular flexibility index (Phi) is 10.4. The van der Waals surface area contributed by atoms with Crippen molar-refractivity contribution in [3.8, 4) is 0 Å². The van der Waals surface area contributed by atoms with Crippen molar-refractivity contribution >= 4 is 0 Å². The molecule has 3 unspecified atom stereocenters. The minimum Gasteiger partial charge on any atom is -0.314 e. The van der Waals surface area contributed by atoms with Crippen LogP contribution in [0.4, 0.5) is 0 Å². The summed E-state index contributed by atoms with van der Waals surface area (Å²) in [6.45, 7) is 8.42. The summed E-state index contributed by atoms with van der Waals surface area (Å²) in [5, 5.41) is 3.76. The van der Waals surface area contributed by atoms with E-state index in [9.17, 15) is 0 Å². The zero-order valence-electron chi connectivity index (χ0n) is 14.4. The van der Waals surface area contributed by atoms with E-state index in [2.05, 4.69) is 26.1 Å². The molecule has 1 fully saturated rings. The fourth-order valence-electron chi connectivity index (χ4n) is 3.72. The Balaban J connectivity index is 2.35. The fourth-order valence-corrected chi connectivity index (χ4v) is 3.72. The lowest BCUT2D eigenvalue weighted by atomic mass is 9.80. The van der Waals surface area contributed by atoms with Crippen LogP contribution in [0.25, 0.3) is 0 Å². The first-order valence-corrected chi connectivity index (χ1v) is 9.51. The summed E-state index contributed by atoms with van der Waals surface area (Å²) in [5.74, 6) is 1.90. The van der Waals surface area contributed by atoms with Gasteiger partial charge in [-0.25, -0.2) is 0 Å². The van der Waals surface area contributed by atoms with E-state index < -0.39 is 0 Å². The van der Waals surface area contributed by atoms with Crippen LogP contribution in [-0.2, 0) is 0 Å². The lowest BCUT2D eigenvalue weighted by molar-refractivity contribution is 0.237. The van der Waals surface area contributed by atoms with Crippen LogP contribution in [0.2, 0.25) is 0 Å². The summed E-state index contributed by atoms with van der Waals surface area (Å²) >= 11 is 0. The van der Waals surface area contributed by atoms with E-state index in [0.29, 0.717) is 0 Å². The third-order valence-electron chi connectivity index (χ3n) is 5.25. The molecular formula is C19H39N. The van der Waals surface area contributed by atoms with E-state index in [0.717, 1.165) is 17.9 Å². The molecule has 0 bridgehead atoms. The van der Waals surface area contributed by atoms with Crippen molar-refractivity contribution in [2.75, 3.05) is 6.54 Å². The molecule has 1 rings (SSSR count). The maximum atomic E-state index is 3.76. The highest BCUT2D eigenvalue weighted by Gasteiger charge is 2.22. The maximum Gasteiger partial charge on any atom is 0.00698 e. The zero-order valence-corrected chi connectivity index (χ0v) is 14.4. The van der Waals surface area contributed by atoms with Crippen molar-refractivity contribution < 1.29 is 0 Å². The summed E-state index contributed by atoms with van der Waals surface area (Å²) in [7, 11) is 0. The molecule has 0 aromatic heterocycles. The smallest absolute Gasteiger partial charge is 0.00698 e. The molecule has 0 radical (unpaired) electrons. The first-order chi connectivity index (χ1) is 9.77. The average Bonchev–Trinajstić information content (AvgIpc) is 2.49. The number of hydrogen-bond donors (Lipinski definition) is 1. The first-order valence-electron chi connectivity index (χ1n) is 9.51. The highest BCUT2D eigenvalue weighted by molar-refractivity contribution is 4.78. The van der Waals surface area contributed by atoms with Gasteiger partial charge in [-0.2, -0.15) is 0 Å². The van der Waals surface area contributed by atoms with Gasteiger partial charge in [-0.15, -0.1) is 0 Å². The predicted octanol–water partition coefficient (Wildman–Crippen LogP) is 5.93. The van der Waals surface area contributed by atoms with Crippen LogP contribution < -0.4 is 5.32 Å². The van der Waals surface area contributed by atoms with Gasteiger partial charge in [0.2, 0.25) is 0 Å². The van der Waals surface area contributed by atoms with Crippen LogP contribution in [0.1, 0.15) is 97.8 Å². The van der Waals surface area contributed by atoms with Gasteiger partial charge in [-0.05, 0) is 37.6 Å². The second kappa shape index (κ2) is 11.6. The second-order valence-electron chi connectivity index (χ2n) is 7.11. The molecule has 1 nitrogen and oxygen atoms in total. The Morgan fingerprint density at radius 1 is 0.950 bits per heavy atom.